The molecule has 0 bridgehead atoms. The van der Waals surface area contributed by atoms with Crippen LogP contribution in [0.5, 0.6) is 11.5 Å². The zero-order valence-electron chi connectivity index (χ0n) is 21.9. The molecule has 0 unspecified atom stereocenters. The third-order valence-corrected chi connectivity index (χ3v) is 7.55. The van der Waals surface area contributed by atoms with E-state index in [1.165, 1.54) is 13.2 Å². The average molecular weight is 645 g/mol. The van der Waals surface area contributed by atoms with Crippen molar-refractivity contribution in [2.45, 2.75) is 69.8 Å². The number of aliphatic hydroxyl groups is 2. The topological polar surface area (TPSA) is 135 Å². The van der Waals surface area contributed by atoms with Gasteiger partial charge in [-0.1, -0.05) is 13.3 Å². The number of benzene rings is 1. The predicted octanol–water partition coefficient (Wildman–Crippen LogP) is 2.23. The van der Waals surface area contributed by atoms with Crippen LogP contribution in [0.15, 0.2) is 23.8 Å². The molecule has 2 aliphatic rings. The summed E-state index contributed by atoms with van der Waals surface area (Å²) >= 11 is 2.02. The summed E-state index contributed by atoms with van der Waals surface area (Å²) in [7, 11) is 1.45. The van der Waals surface area contributed by atoms with E-state index >= 15 is 0 Å². The second-order valence-electron chi connectivity index (χ2n) is 9.45. The van der Waals surface area contributed by atoms with Gasteiger partial charge in [0.2, 0.25) is 11.8 Å². The third-order valence-electron chi connectivity index (χ3n) is 6.75. The van der Waals surface area contributed by atoms with Gasteiger partial charge < -0.3 is 34.6 Å². The number of rotatable bonds is 13. The van der Waals surface area contributed by atoms with E-state index in [2.05, 4.69) is 5.32 Å². The number of nitrogens with one attached hydrogen (secondary N) is 1. The summed E-state index contributed by atoms with van der Waals surface area (Å²) in [6.45, 7) is 2.81. The molecule has 38 heavy (non-hydrogen) atoms. The first-order valence-corrected chi connectivity index (χ1v) is 14.1. The number of halogens is 1. The van der Waals surface area contributed by atoms with Crippen molar-refractivity contribution in [3.8, 4) is 11.5 Å². The third kappa shape index (κ3) is 7.67. The van der Waals surface area contributed by atoms with Crippen LogP contribution >= 0.6 is 22.6 Å². The van der Waals surface area contributed by atoms with Gasteiger partial charge in [0.05, 0.1) is 29.4 Å². The van der Waals surface area contributed by atoms with Crippen molar-refractivity contribution in [3.05, 3.63) is 32.9 Å². The molecule has 0 radical (unpaired) electrons. The standard InChI is InChI=1S/C27H37IN2O8/c1-3-4-7-24(33)30(15-19-6-5-10-37-19)21-13-18(27(35)29-8-9-31)14-22(25(21)34)38-26-20(28)11-17(16-32)12-23(26)36-2/h11-12,14,16,19,21-22,25,31,34H,3-10,13,15H2,1-2H3,(H,29,35)/t19-,21-,22+,25+/m1/s1. The fourth-order valence-electron chi connectivity index (χ4n) is 4.74. The number of hydrogen-bond donors (Lipinski definition) is 3. The molecule has 3 N–H and O–H groups in total. The van der Waals surface area contributed by atoms with Gasteiger partial charge in [-0.3, -0.25) is 14.4 Å². The van der Waals surface area contributed by atoms with E-state index in [1.807, 2.05) is 29.5 Å². The summed E-state index contributed by atoms with van der Waals surface area (Å²) < 4.78 is 18.1. The van der Waals surface area contributed by atoms with E-state index in [9.17, 15) is 24.6 Å². The Morgan fingerprint density at radius 1 is 1.34 bits per heavy atom. The van der Waals surface area contributed by atoms with Crippen molar-refractivity contribution in [2.24, 2.45) is 0 Å². The van der Waals surface area contributed by atoms with Gasteiger partial charge in [0.1, 0.15) is 18.5 Å². The normalized spacial score (nSPS) is 22.9. The fourth-order valence-corrected chi connectivity index (χ4v) is 5.49. The van der Waals surface area contributed by atoms with Crippen LogP contribution in [-0.4, -0.2) is 91.0 Å². The molecule has 1 fully saturated rings. The molecule has 1 aliphatic heterocycles. The number of carbonyl (C=O) groups is 3. The number of carbonyl (C=O) groups excluding carboxylic acids is 3. The minimum Gasteiger partial charge on any atom is -0.493 e. The summed E-state index contributed by atoms with van der Waals surface area (Å²) in [6, 6.07) is 2.44. The SMILES string of the molecule is CCCCC(=O)N(C[C@H]1CCCO1)[C@@H]1CC(C(=O)NCCO)=C[C@H](Oc2c(I)cc(C=O)cc2OC)[C@H]1O. The molecule has 1 aliphatic carbocycles. The lowest BCUT2D eigenvalue weighted by molar-refractivity contribution is -0.141. The molecule has 10 nitrogen and oxygen atoms in total. The number of unbranched alkanes of at least 4 members (excludes halogenated alkanes) is 1. The molecule has 11 heteroatoms. The molecule has 0 saturated carbocycles. The summed E-state index contributed by atoms with van der Waals surface area (Å²) in [6.07, 6.45) is 3.72. The maximum Gasteiger partial charge on any atom is 0.247 e. The number of hydrogen-bond acceptors (Lipinski definition) is 8. The van der Waals surface area contributed by atoms with Gasteiger partial charge in [-0.2, -0.15) is 0 Å². The maximum absolute atomic E-state index is 13.4. The van der Waals surface area contributed by atoms with Crippen LogP contribution in [0, 0.1) is 3.57 Å². The number of aliphatic hydroxyl groups excluding tert-OH is 2. The van der Waals surface area contributed by atoms with Gasteiger partial charge in [0.15, 0.2) is 11.5 Å². The first kappa shape index (κ1) is 30.3. The minimum atomic E-state index is -1.15. The van der Waals surface area contributed by atoms with Gasteiger partial charge in [-0.25, -0.2) is 0 Å². The second kappa shape index (κ2) is 14.8. The second-order valence-corrected chi connectivity index (χ2v) is 10.6. The number of aldehydes is 1. The molecule has 4 atom stereocenters. The maximum atomic E-state index is 13.4. The summed E-state index contributed by atoms with van der Waals surface area (Å²) in [5.74, 6) is 0.117. The van der Waals surface area contributed by atoms with Crippen LogP contribution in [-0.2, 0) is 14.3 Å². The largest absolute Gasteiger partial charge is 0.493 e. The van der Waals surface area contributed by atoms with Gasteiger partial charge in [0.25, 0.3) is 0 Å². The molecule has 1 aromatic carbocycles. The Bertz CT molecular complexity index is 1010. The molecular weight excluding hydrogens is 607 g/mol. The van der Waals surface area contributed by atoms with E-state index in [-0.39, 0.29) is 31.6 Å². The number of ether oxygens (including phenoxy) is 3. The quantitative estimate of drug-likeness (QED) is 0.220. The van der Waals surface area contributed by atoms with Crippen LogP contribution in [0.2, 0.25) is 0 Å². The van der Waals surface area contributed by atoms with Crippen molar-refractivity contribution in [1.82, 2.24) is 10.2 Å². The van der Waals surface area contributed by atoms with E-state index < -0.39 is 24.2 Å². The van der Waals surface area contributed by atoms with E-state index in [0.717, 1.165) is 19.3 Å². The van der Waals surface area contributed by atoms with Crippen LogP contribution in [0.3, 0.4) is 0 Å². The molecular formula is C27H37IN2O8. The highest BCUT2D eigenvalue weighted by Gasteiger charge is 2.41. The molecule has 0 aromatic heterocycles. The summed E-state index contributed by atoms with van der Waals surface area (Å²) in [4.78, 5) is 39.3. The summed E-state index contributed by atoms with van der Waals surface area (Å²) in [5, 5.41) is 23.4. The first-order chi connectivity index (χ1) is 18.3. The van der Waals surface area contributed by atoms with Crippen LogP contribution in [0.1, 0.15) is 55.8 Å². The first-order valence-electron chi connectivity index (χ1n) is 13.0. The fraction of sp³-hybridized carbons (Fsp3) is 0.593. The summed E-state index contributed by atoms with van der Waals surface area (Å²) in [5.41, 5.74) is 0.752. The van der Waals surface area contributed by atoms with Crippen LogP contribution < -0.4 is 14.8 Å². The lowest BCUT2D eigenvalue weighted by atomic mass is 9.87. The Kier molecular flexibility index (Phi) is 11.8. The Balaban J connectivity index is 1.98. The van der Waals surface area contributed by atoms with Crippen molar-refractivity contribution >= 4 is 40.7 Å². The molecule has 1 heterocycles. The van der Waals surface area contributed by atoms with Crippen LogP contribution in [0.4, 0.5) is 0 Å². The van der Waals surface area contributed by atoms with Gasteiger partial charge in [-0.15, -0.1) is 0 Å². The zero-order valence-corrected chi connectivity index (χ0v) is 24.0. The lowest BCUT2D eigenvalue weighted by Crippen LogP contribution is -2.56. The Morgan fingerprint density at radius 2 is 2.13 bits per heavy atom. The van der Waals surface area contributed by atoms with Gasteiger partial charge >= 0.3 is 0 Å². The Labute approximate surface area is 236 Å². The Morgan fingerprint density at radius 3 is 2.76 bits per heavy atom. The van der Waals surface area contributed by atoms with Gasteiger partial charge in [0, 0.05) is 43.7 Å². The number of nitrogens with zero attached hydrogens (tertiary/aromatic N) is 1. The average Bonchev–Trinajstić information content (AvgIpc) is 3.44. The molecule has 3 rings (SSSR count). The molecule has 2 amide bonds. The zero-order chi connectivity index (χ0) is 27.7. The molecule has 0 spiro atoms. The van der Waals surface area contributed by atoms with E-state index in [4.69, 9.17) is 14.2 Å². The highest BCUT2D eigenvalue weighted by Crippen LogP contribution is 2.37. The van der Waals surface area contributed by atoms with Crippen molar-refractivity contribution < 1.29 is 38.8 Å². The van der Waals surface area contributed by atoms with Gasteiger partial charge in [-0.05, 0) is 60.1 Å². The molecule has 1 saturated heterocycles. The monoisotopic (exact) mass is 644 g/mol. The van der Waals surface area contributed by atoms with Crippen molar-refractivity contribution in [3.63, 3.8) is 0 Å². The number of amides is 2. The van der Waals surface area contributed by atoms with Crippen molar-refractivity contribution in [1.29, 1.82) is 0 Å². The minimum absolute atomic E-state index is 0.0723. The predicted molar refractivity (Wildman–Crippen MR) is 148 cm³/mol. The van der Waals surface area contributed by atoms with E-state index in [1.54, 1.807) is 17.0 Å². The lowest BCUT2D eigenvalue weighted by Gasteiger charge is -2.41. The number of methoxy groups -OCH3 is 1. The van der Waals surface area contributed by atoms with Crippen molar-refractivity contribution in [2.75, 3.05) is 33.4 Å². The van der Waals surface area contributed by atoms with Crippen LogP contribution in [0.25, 0.3) is 0 Å². The molecule has 1 aromatic rings. The van der Waals surface area contributed by atoms with E-state index in [0.29, 0.717) is 58.5 Å². The smallest absolute Gasteiger partial charge is 0.247 e. The Hall–Kier alpha value is -2.22. The highest BCUT2D eigenvalue weighted by atomic mass is 127. The molecule has 210 valence electrons. The highest BCUT2D eigenvalue weighted by molar-refractivity contribution is 14.1.